The molecule has 0 aliphatic carbocycles. The van der Waals surface area contributed by atoms with Crippen LogP contribution in [0.3, 0.4) is 0 Å². The van der Waals surface area contributed by atoms with Gasteiger partial charge in [-0.1, -0.05) is 17.7 Å². The first-order valence-corrected chi connectivity index (χ1v) is 5.57. The molecule has 1 unspecified atom stereocenters. The number of carbonyl (C=O) groups excluding carboxylic acids is 1. The molecule has 1 fully saturated rings. The van der Waals surface area contributed by atoms with Crippen LogP contribution in [0.4, 0.5) is 0 Å². The van der Waals surface area contributed by atoms with E-state index in [1.165, 1.54) is 0 Å². The summed E-state index contributed by atoms with van der Waals surface area (Å²) >= 11 is 5.76. The van der Waals surface area contributed by atoms with Gasteiger partial charge in [-0.2, -0.15) is 0 Å². The minimum absolute atomic E-state index is 0.0849. The van der Waals surface area contributed by atoms with E-state index in [9.17, 15) is 4.79 Å². The van der Waals surface area contributed by atoms with Crippen LogP contribution in [0.1, 0.15) is 17.4 Å². The molecule has 1 aliphatic heterocycles. The summed E-state index contributed by atoms with van der Waals surface area (Å²) in [6, 6.07) is 5.15. The van der Waals surface area contributed by atoms with E-state index in [1.807, 2.05) is 6.92 Å². The third kappa shape index (κ3) is 2.33. The van der Waals surface area contributed by atoms with Crippen molar-refractivity contribution in [3.8, 4) is 0 Å². The summed E-state index contributed by atoms with van der Waals surface area (Å²) in [5, 5.41) is 0.340. The van der Waals surface area contributed by atoms with Crippen LogP contribution in [-0.2, 0) is 4.74 Å². The summed E-state index contributed by atoms with van der Waals surface area (Å²) in [6.45, 7) is 3.72. The number of rotatable bonds is 1. The molecule has 5 heteroatoms. The normalized spacial score (nSPS) is 20.9. The predicted octanol–water partition coefficient (Wildman–Crippen LogP) is 1.60. The van der Waals surface area contributed by atoms with Crippen molar-refractivity contribution in [1.82, 2.24) is 9.88 Å². The number of ether oxygens (including phenoxy) is 1. The van der Waals surface area contributed by atoms with Crippen LogP contribution in [0.5, 0.6) is 0 Å². The van der Waals surface area contributed by atoms with Crippen molar-refractivity contribution < 1.29 is 9.53 Å². The molecule has 0 aromatic carbocycles. The van der Waals surface area contributed by atoms with Crippen molar-refractivity contribution in [2.24, 2.45) is 0 Å². The molecule has 0 N–H and O–H groups in total. The van der Waals surface area contributed by atoms with Crippen molar-refractivity contribution in [3.63, 3.8) is 0 Å². The zero-order valence-corrected chi connectivity index (χ0v) is 9.78. The average Bonchev–Trinajstić information content (AvgIpc) is 2.29. The predicted molar refractivity (Wildman–Crippen MR) is 60.6 cm³/mol. The standard InChI is InChI=1S/C11H13ClN2O2/c1-8-7-16-6-5-14(8)11(15)9-3-2-4-10(12)13-9/h2-4,8H,5-7H2,1H3. The highest BCUT2D eigenvalue weighted by Crippen LogP contribution is 2.12. The fourth-order valence-corrected chi connectivity index (χ4v) is 1.87. The maximum absolute atomic E-state index is 12.1. The molecule has 0 saturated carbocycles. The lowest BCUT2D eigenvalue weighted by Crippen LogP contribution is -2.47. The summed E-state index contributed by atoms with van der Waals surface area (Å²) in [4.78, 5) is 17.9. The van der Waals surface area contributed by atoms with E-state index in [2.05, 4.69) is 4.98 Å². The third-order valence-electron chi connectivity index (χ3n) is 2.56. The molecule has 1 atom stereocenters. The average molecular weight is 241 g/mol. The fraction of sp³-hybridized carbons (Fsp3) is 0.455. The van der Waals surface area contributed by atoms with Gasteiger partial charge in [-0.15, -0.1) is 0 Å². The first-order chi connectivity index (χ1) is 7.68. The van der Waals surface area contributed by atoms with Gasteiger partial charge in [0, 0.05) is 6.54 Å². The van der Waals surface area contributed by atoms with Crippen molar-refractivity contribution >= 4 is 17.5 Å². The number of nitrogens with zero attached hydrogens (tertiary/aromatic N) is 2. The molecule has 4 nitrogen and oxygen atoms in total. The largest absolute Gasteiger partial charge is 0.377 e. The Bertz CT molecular complexity index is 397. The minimum Gasteiger partial charge on any atom is -0.377 e. The van der Waals surface area contributed by atoms with E-state index < -0.39 is 0 Å². The van der Waals surface area contributed by atoms with Gasteiger partial charge in [0.2, 0.25) is 0 Å². The van der Waals surface area contributed by atoms with E-state index in [4.69, 9.17) is 16.3 Å². The van der Waals surface area contributed by atoms with Gasteiger partial charge in [0.15, 0.2) is 0 Å². The Balaban J connectivity index is 2.17. The van der Waals surface area contributed by atoms with Gasteiger partial charge in [0.05, 0.1) is 19.3 Å². The molecule has 0 radical (unpaired) electrons. The second-order valence-corrected chi connectivity index (χ2v) is 4.16. The molecule has 1 aliphatic rings. The van der Waals surface area contributed by atoms with Gasteiger partial charge in [0.25, 0.3) is 5.91 Å². The molecular formula is C11H13ClN2O2. The van der Waals surface area contributed by atoms with Gasteiger partial charge in [0.1, 0.15) is 10.8 Å². The third-order valence-corrected chi connectivity index (χ3v) is 2.77. The second kappa shape index (κ2) is 4.80. The number of amides is 1. The molecule has 16 heavy (non-hydrogen) atoms. The van der Waals surface area contributed by atoms with Gasteiger partial charge in [-0.05, 0) is 19.1 Å². The highest BCUT2D eigenvalue weighted by molar-refractivity contribution is 6.29. The van der Waals surface area contributed by atoms with Gasteiger partial charge >= 0.3 is 0 Å². The van der Waals surface area contributed by atoms with E-state index >= 15 is 0 Å². The van der Waals surface area contributed by atoms with Crippen LogP contribution in [0.15, 0.2) is 18.2 Å². The Morgan fingerprint density at radius 3 is 3.12 bits per heavy atom. The first kappa shape index (κ1) is 11.4. The molecule has 2 heterocycles. The minimum atomic E-state index is -0.0849. The molecule has 1 saturated heterocycles. The molecule has 1 amide bonds. The van der Waals surface area contributed by atoms with Gasteiger partial charge < -0.3 is 9.64 Å². The summed E-state index contributed by atoms with van der Waals surface area (Å²) in [5.41, 5.74) is 0.390. The maximum Gasteiger partial charge on any atom is 0.272 e. The van der Waals surface area contributed by atoms with E-state index in [1.54, 1.807) is 23.1 Å². The Labute approximate surface area is 99.2 Å². The molecule has 1 aromatic heterocycles. The van der Waals surface area contributed by atoms with E-state index in [-0.39, 0.29) is 11.9 Å². The van der Waals surface area contributed by atoms with Crippen LogP contribution >= 0.6 is 11.6 Å². The number of hydrogen-bond acceptors (Lipinski definition) is 3. The highest BCUT2D eigenvalue weighted by Gasteiger charge is 2.25. The van der Waals surface area contributed by atoms with Crippen LogP contribution in [0, 0.1) is 0 Å². The summed E-state index contributed by atoms with van der Waals surface area (Å²) in [6.07, 6.45) is 0. The Hall–Kier alpha value is -1.13. The van der Waals surface area contributed by atoms with Gasteiger partial charge in [-0.25, -0.2) is 4.98 Å². The highest BCUT2D eigenvalue weighted by atomic mass is 35.5. The first-order valence-electron chi connectivity index (χ1n) is 5.20. The monoisotopic (exact) mass is 240 g/mol. The number of pyridine rings is 1. The molecule has 1 aromatic rings. The smallest absolute Gasteiger partial charge is 0.272 e. The lowest BCUT2D eigenvalue weighted by atomic mass is 10.2. The van der Waals surface area contributed by atoms with Crippen molar-refractivity contribution in [1.29, 1.82) is 0 Å². The molecule has 2 rings (SSSR count). The Morgan fingerprint density at radius 1 is 1.62 bits per heavy atom. The fourth-order valence-electron chi connectivity index (χ4n) is 1.70. The summed E-state index contributed by atoms with van der Waals surface area (Å²) in [7, 11) is 0. The van der Waals surface area contributed by atoms with Crippen LogP contribution in [0.2, 0.25) is 5.15 Å². The van der Waals surface area contributed by atoms with Crippen LogP contribution in [0.25, 0.3) is 0 Å². The SMILES string of the molecule is CC1COCCN1C(=O)c1cccc(Cl)n1. The number of aromatic nitrogens is 1. The maximum atomic E-state index is 12.1. The topological polar surface area (TPSA) is 42.4 Å². The number of hydrogen-bond donors (Lipinski definition) is 0. The lowest BCUT2D eigenvalue weighted by molar-refractivity contribution is 0.00327. The Morgan fingerprint density at radius 2 is 2.44 bits per heavy atom. The van der Waals surface area contributed by atoms with Crippen LogP contribution in [-0.4, -0.2) is 41.6 Å². The zero-order valence-electron chi connectivity index (χ0n) is 9.02. The molecule has 0 spiro atoms. The second-order valence-electron chi connectivity index (χ2n) is 3.77. The van der Waals surface area contributed by atoms with Crippen molar-refractivity contribution in [2.75, 3.05) is 19.8 Å². The molecule has 86 valence electrons. The zero-order chi connectivity index (χ0) is 11.5. The Kier molecular flexibility index (Phi) is 3.41. The lowest BCUT2D eigenvalue weighted by Gasteiger charge is -2.33. The summed E-state index contributed by atoms with van der Waals surface area (Å²) in [5.74, 6) is -0.0849. The number of halogens is 1. The van der Waals surface area contributed by atoms with Crippen LogP contribution < -0.4 is 0 Å². The molecular weight excluding hydrogens is 228 g/mol. The van der Waals surface area contributed by atoms with Crippen molar-refractivity contribution in [2.45, 2.75) is 13.0 Å². The van der Waals surface area contributed by atoms with Gasteiger partial charge in [-0.3, -0.25) is 4.79 Å². The van der Waals surface area contributed by atoms with Crippen molar-refractivity contribution in [3.05, 3.63) is 29.0 Å². The number of carbonyl (C=O) groups is 1. The molecule has 0 bridgehead atoms. The quantitative estimate of drug-likeness (QED) is 0.701. The number of morpholine rings is 1. The summed E-state index contributed by atoms with van der Waals surface area (Å²) < 4.78 is 5.28. The van der Waals surface area contributed by atoms with E-state index in [0.29, 0.717) is 30.6 Å². The van der Waals surface area contributed by atoms with E-state index in [0.717, 1.165) is 0 Å².